The van der Waals surface area contributed by atoms with Crippen LogP contribution < -0.4 is 16.4 Å². The lowest BCUT2D eigenvalue weighted by molar-refractivity contribution is 0.262. The van der Waals surface area contributed by atoms with Crippen LogP contribution >= 0.6 is 0 Å². The SMILES string of the molecule is Nc1ncc(C#Cc2cccc(NC(=O)Nc3cccc(F)c3)c2)cn1. The third-order valence-electron chi connectivity index (χ3n) is 3.23. The second-order valence-corrected chi connectivity index (χ2v) is 5.25. The van der Waals surface area contributed by atoms with Gasteiger partial charge in [0.2, 0.25) is 5.95 Å². The van der Waals surface area contributed by atoms with Crippen molar-refractivity contribution in [2.24, 2.45) is 0 Å². The molecule has 3 aromatic rings. The average Bonchev–Trinajstić information content (AvgIpc) is 2.61. The van der Waals surface area contributed by atoms with E-state index in [4.69, 9.17) is 5.73 Å². The molecule has 26 heavy (non-hydrogen) atoms. The van der Waals surface area contributed by atoms with Crippen LogP contribution in [0.15, 0.2) is 60.9 Å². The highest BCUT2D eigenvalue weighted by Crippen LogP contribution is 2.13. The Labute approximate surface area is 149 Å². The van der Waals surface area contributed by atoms with Crippen LogP contribution in [0.1, 0.15) is 11.1 Å². The molecule has 0 radical (unpaired) electrons. The van der Waals surface area contributed by atoms with Crippen LogP contribution in [-0.4, -0.2) is 16.0 Å². The molecule has 0 saturated heterocycles. The summed E-state index contributed by atoms with van der Waals surface area (Å²) in [7, 11) is 0. The summed E-state index contributed by atoms with van der Waals surface area (Å²) in [4.78, 5) is 19.7. The molecule has 0 spiro atoms. The van der Waals surface area contributed by atoms with E-state index < -0.39 is 11.8 Å². The second-order valence-electron chi connectivity index (χ2n) is 5.25. The van der Waals surface area contributed by atoms with E-state index in [0.29, 0.717) is 22.5 Å². The maximum absolute atomic E-state index is 13.1. The number of carbonyl (C=O) groups is 1. The molecule has 1 aromatic heterocycles. The largest absolute Gasteiger partial charge is 0.368 e. The Morgan fingerprint density at radius 2 is 1.54 bits per heavy atom. The molecule has 3 rings (SSSR count). The number of nitrogen functional groups attached to an aromatic ring is 1. The Bertz CT molecular complexity index is 993. The summed E-state index contributed by atoms with van der Waals surface area (Å²) in [5, 5.41) is 5.23. The molecule has 0 aliphatic rings. The van der Waals surface area contributed by atoms with E-state index in [1.54, 1.807) is 30.3 Å². The minimum Gasteiger partial charge on any atom is -0.368 e. The minimum atomic E-state index is -0.479. The van der Waals surface area contributed by atoms with E-state index in [-0.39, 0.29) is 5.95 Å². The monoisotopic (exact) mass is 347 g/mol. The Kier molecular flexibility index (Phi) is 5.05. The molecule has 1 heterocycles. The van der Waals surface area contributed by atoms with Gasteiger partial charge < -0.3 is 16.4 Å². The summed E-state index contributed by atoms with van der Waals surface area (Å²) < 4.78 is 13.1. The first-order valence-electron chi connectivity index (χ1n) is 7.62. The van der Waals surface area contributed by atoms with Crippen molar-refractivity contribution in [1.29, 1.82) is 0 Å². The van der Waals surface area contributed by atoms with Gasteiger partial charge in [-0.15, -0.1) is 0 Å². The smallest absolute Gasteiger partial charge is 0.323 e. The Balaban J connectivity index is 1.67. The van der Waals surface area contributed by atoms with Gasteiger partial charge in [-0.25, -0.2) is 19.2 Å². The first-order chi connectivity index (χ1) is 12.6. The summed E-state index contributed by atoms with van der Waals surface area (Å²) in [6, 6.07) is 12.2. The van der Waals surface area contributed by atoms with Crippen molar-refractivity contribution < 1.29 is 9.18 Å². The van der Waals surface area contributed by atoms with Crippen molar-refractivity contribution in [3.63, 3.8) is 0 Å². The van der Waals surface area contributed by atoms with Gasteiger partial charge in [0.05, 0.1) is 5.56 Å². The highest BCUT2D eigenvalue weighted by molar-refractivity contribution is 5.99. The fourth-order valence-corrected chi connectivity index (χ4v) is 2.08. The molecular formula is C19H14FN5O. The molecule has 2 aromatic carbocycles. The Hall–Kier alpha value is -3.92. The molecule has 7 heteroatoms. The fourth-order valence-electron chi connectivity index (χ4n) is 2.08. The van der Waals surface area contributed by atoms with Gasteiger partial charge in [-0.3, -0.25) is 0 Å². The van der Waals surface area contributed by atoms with E-state index in [2.05, 4.69) is 32.4 Å². The van der Waals surface area contributed by atoms with Crippen LogP contribution in [0, 0.1) is 17.7 Å². The number of nitrogens with zero attached hydrogens (tertiary/aromatic N) is 2. The number of halogens is 1. The van der Waals surface area contributed by atoms with Crippen LogP contribution in [0.5, 0.6) is 0 Å². The zero-order valence-corrected chi connectivity index (χ0v) is 13.5. The molecule has 0 saturated carbocycles. The minimum absolute atomic E-state index is 0.186. The first kappa shape index (κ1) is 16.9. The molecule has 128 valence electrons. The molecule has 0 aliphatic heterocycles. The number of nitrogens with one attached hydrogen (secondary N) is 2. The lowest BCUT2D eigenvalue weighted by Gasteiger charge is -2.08. The van der Waals surface area contributed by atoms with Crippen molar-refractivity contribution in [3.05, 3.63) is 77.9 Å². The van der Waals surface area contributed by atoms with Gasteiger partial charge in [-0.1, -0.05) is 24.0 Å². The van der Waals surface area contributed by atoms with Crippen LogP contribution in [0.25, 0.3) is 0 Å². The third kappa shape index (κ3) is 4.79. The predicted octanol–water partition coefficient (Wildman–Crippen LogP) is 3.24. The summed E-state index contributed by atoms with van der Waals surface area (Å²) in [5.41, 5.74) is 7.67. The first-order valence-corrected chi connectivity index (χ1v) is 7.62. The Morgan fingerprint density at radius 3 is 2.23 bits per heavy atom. The number of hydrogen-bond acceptors (Lipinski definition) is 4. The lowest BCUT2D eigenvalue weighted by Crippen LogP contribution is -2.19. The van der Waals surface area contributed by atoms with Gasteiger partial charge in [-0.05, 0) is 36.4 Å². The highest BCUT2D eigenvalue weighted by atomic mass is 19.1. The van der Waals surface area contributed by atoms with Crippen LogP contribution in [0.3, 0.4) is 0 Å². The molecule has 2 amide bonds. The number of amides is 2. The van der Waals surface area contributed by atoms with Gasteiger partial charge in [0.25, 0.3) is 0 Å². The predicted molar refractivity (Wildman–Crippen MR) is 97.9 cm³/mol. The average molecular weight is 347 g/mol. The number of anilines is 3. The number of nitrogens with two attached hydrogens (primary N) is 1. The normalized spacial score (nSPS) is 9.73. The zero-order chi connectivity index (χ0) is 18.4. The van der Waals surface area contributed by atoms with Gasteiger partial charge in [0.15, 0.2) is 0 Å². The lowest BCUT2D eigenvalue weighted by atomic mass is 10.2. The number of aromatic nitrogens is 2. The third-order valence-corrected chi connectivity index (χ3v) is 3.23. The van der Waals surface area contributed by atoms with Crippen molar-refractivity contribution in [2.45, 2.75) is 0 Å². The van der Waals surface area contributed by atoms with Gasteiger partial charge in [-0.2, -0.15) is 0 Å². The van der Waals surface area contributed by atoms with Crippen molar-refractivity contribution in [3.8, 4) is 11.8 Å². The van der Waals surface area contributed by atoms with Crippen molar-refractivity contribution in [1.82, 2.24) is 9.97 Å². The van der Waals surface area contributed by atoms with Gasteiger partial charge in [0, 0.05) is 29.3 Å². The van der Waals surface area contributed by atoms with E-state index in [0.717, 1.165) is 0 Å². The number of benzene rings is 2. The van der Waals surface area contributed by atoms with Gasteiger partial charge >= 0.3 is 6.03 Å². The zero-order valence-electron chi connectivity index (χ0n) is 13.5. The molecule has 4 N–H and O–H groups in total. The molecule has 0 fully saturated rings. The summed E-state index contributed by atoms with van der Waals surface area (Å²) in [6.45, 7) is 0. The number of carbonyl (C=O) groups excluding carboxylic acids is 1. The standard InChI is InChI=1S/C19H14FN5O/c20-15-4-2-6-17(10-15)25-19(26)24-16-5-1-3-13(9-16)7-8-14-11-22-18(21)23-12-14/h1-6,9-12H,(H2,21,22,23)(H2,24,25,26). The van der Waals surface area contributed by atoms with E-state index >= 15 is 0 Å². The van der Waals surface area contributed by atoms with Gasteiger partial charge in [0.1, 0.15) is 5.82 Å². The van der Waals surface area contributed by atoms with Crippen molar-refractivity contribution in [2.75, 3.05) is 16.4 Å². The number of rotatable bonds is 2. The van der Waals surface area contributed by atoms with Crippen LogP contribution in [0.4, 0.5) is 26.5 Å². The van der Waals surface area contributed by atoms with Crippen molar-refractivity contribution >= 4 is 23.4 Å². The highest BCUT2D eigenvalue weighted by Gasteiger charge is 2.03. The molecule has 6 nitrogen and oxygen atoms in total. The quantitative estimate of drug-likeness (QED) is 0.621. The number of urea groups is 1. The molecular weight excluding hydrogens is 333 g/mol. The second kappa shape index (κ2) is 7.77. The van der Waals surface area contributed by atoms with E-state index in [9.17, 15) is 9.18 Å². The maximum atomic E-state index is 13.1. The fraction of sp³-hybridized carbons (Fsp3) is 0. The summed E-state index contributed by atoms with van der Waals surface area (Å²) in [6.07, 6.45) is 3.06. The molecule has 0 aliphatic carbocycles. The molecule has 0 bridgehead atoms. The molecule has 0 atom stereocenters. The van der Waals surface area contributed by atoms with Crippen LogP contribution in [-0.2, 0) is 0 Å². The summed E-state index contributed by atoms with van der Waals surface area (Å²) >= 11 is 0. The Morgan fingerprint density at radius 1 is 0.923 bits per heavy atom. The maximum Gasteiger partial charge on any atom is 0.323 e. The summed E-state index contributed by atoms with van der Waals surface area (Å²) in [5.74, 6) is 5.64. The van der Waals surface area contributed by atoms with E-state index in [1.807, 2.05) is 0 Å². The van der Waals surface area contributed by atoms with E-state index in [1.165, 1.54) is 30.6 Å². The van der Waals surface area contributed by atoms with Crippen LogP contribution in [0.2, 0.25) is 0 Å². The number of hydrogen-bond donors (Lipinski definition) is 3. The topological polar surface area (TPSA) is 92.9 Å². The molecule has 0 unspecified atom stereocenters.